The highest BCUT2D eigenvalue weighted by molar-refractivity contribution is 6.16. The molecule has 3 heteroatoms. The van der Waals surface area contributed by atoms with Crippen molar-refractivity contribution in [3.63, 3.8) is 0 Å². The smallest absolute Gasteiger partial charge is 0.0547 e. The van der Waals surface area contributed by atoms with E-state index in [4.69, 9.17) is 0 Å². The van der Waals surface area contributed by atoms with Crippen LogP contribution in [-0.4, -0.2) is 15.9 Å². The van der Waals surface area contributed by atoms with Crippen molar-refractivity contribution in [3.8, 4) is 22.5 Å². The molecule has 0 fully saturated rings. The Morgan fingerprint density at radius 1 is 0.581 bits per heavy atom. The second kappa shape index (κ2) is 10.0. The van der Waals surface area contributed by atoms with Crippen LogP contribution in [0.15, 0.2) is 145 Å². The largest absolute Gasteiger partial charge is 0.313 e. The lowest BCUT2D eigenvalue weighted by Gasteiger charge is -2.11. The van der Waals surface area contributed by atoms with Crippen LogP contribution in [0.1, 0.15) is 11.3 Å². The van der Waals surface area contributed by atoms with E-state index in [1.54, 1.807) is 6.20 Å². The van der Waals surface area contributed by atoms with E-state index in [2.05, 4.69) is 167 Å². The Labute approximate surface area is 250 Å². The summed E-state index contributed by atoms with van der Waals surface area (Å²) in [5.41, 5.74) is 10.6. The third kappa shape index (κ3) is 3.93. The summed E-state index contributed by atoms with van der Waals surface area (Å²) in [6.45, 7) is 5.83. The van der Waals surface area contributed by atoms with E-state index in [1.165, 1.54) is 66.0 Å². The van der Waals surface area contributed by atoms with Crippen LogP contribution < -0.4 is 0 Å². The third-order valence-electron chi connectivity index (χ3n) is 8.61. The molecule has 0 bridgehead atoms. The minimum Gasteiger partial charge on any atom is -0.313 e. The molecule has 43 heavy (non-hydrogen) atoms. The lowest BCUT2D eigenvalue weighted by Crippen LogP contribution is -1.96. The molecule has 0 atom stereocenters. The van der Waals surface area contributed by atoms with E-state index in [9.17, 15) is 0 Å². The zero-order chi connectivity index (χ0) is 28.9. The van der Waals surface area contributed by atoms with Crippen LogP contribution in [0.3, 0.4) is 0 Å². The third-order valence-corrected chi connectivity index (χ3v) is 8.61. The quantitative estimate of drug-likeness (QED) is 0.190. The number of aliphatic imine (C=N–C) groups is 1. The first-order valence-electron chi connectivity index (χ1n) is 14.6. The summed E-state index contributed by atoms with van der Waals surface area (Å²) in [7, 11) is 0. The van der Waals surface area contributed by atoms with Gasteiger partial charge in [-0.15, -0.1) is 0 Å². The van der Waals surface area contributed by atoms with Crippen molar-refractivity contribution >= 4 is 56.3 Å². The molecule has 0 saturated carbocycles. The predicted octanol–water partition coefficient (Wildman–Crippen LogP) is 10.5. The Bertz CT molecular complexity index is 2370. The van der Waals surface area contributed by atoms with Crippen molar-refractivity contribution in [1.29, 1.82) is 0 Å². The van der Waals surface area contributed by atoms with Crippen molar-refractivity contribution in [2.24, 2.45) is 4.99 Å². The molecule has 0 saturated heterocycles. The summed E-state index contributed by atoms with van der Waals surface area (Å²) in [5.74, 6) is 0. The Morgan fingerprint density at radius 3 is 2.21 bits per heavy atom. The SMILES string of the molecule is C=N/C=C\c1c(C)n(-c2ccccc2)c2cc(-c3cccc4c3c3ccccc3n4-c3ccc4ccccc4c3)ccc12. The minimum atomic E-state index is 1.14. The normalized spacial score (nSPS) is 11.8. The van der Waals surface area contributed by atoms with Gasteiger partial charge in [0.15, 0.2) is 0 Å². The second-order valence-electron chi connectivity index (χ2n) is 11.0. The van der Waals surface area contributed by atoms with E-state index in [0.29, 0.717) is 0 Å². The van der Waals surface area contributed by atoms with Crippen LogP contribution in [0, 0.1) is 6.92 Å². The molecule has 0 radical (unpaired) electrons. The molecule has 0 aliphatic rings. The molecule has 0 aliphatic carbocycles. The summed E-state index contributed by atoms with van der Waals surface area (Å²) in [4.78, 5) is 3.99. The summed E-state index contributed by atoms with van der Waals surface area (Å²) in [6.07, 6.45) is 3.83. The standard InChI is InChI=1S/C40H29N3/c1-27-33(23-24-41-2)35-22-20-30(26-39(35)42(27)31-13-4-3-5-14-31)34-16-10-18-38-40(34)36-15-8-9-17-37(36)43(38)32-21-19-28-11-6-7-12-29(28)25-32/h3-26H,2H2,1H3/b24-23-. The zero-order valence-electron chi connectivity index (χ0n) is 23.9. The highest BCUT2D eigenvalue weighted by Gasteiger charge is 2.19. The molecule has 8 rings (SSSR count). The number of hydrogen-bond acceptors (Lipinski definition) is 1. The number of aromatic nitrogens is 2. The number of rotatable bonds is 5. The van der Waals surface area contributed by atoms with Crippen LogP contribution in [0.2, 0.25) is 0 Å². The van der Waals surface area contributed by atoms with Gasteiger partial charge in [0.1, 0.15) is 0 Å². The number of hydrogen-bond donors (Lipinski definition) is 0. The topological polar surface area (TPSA) is 22.2 Å². The monoisotopic (exact) mass is 551 g/mol. The van der Waals surface area contributed by atoms with E-state index >= 15 is 0 Å². The molecule has 0 spiro atoms. The highest BCUT2D eigenvalue weighted by Crippen LogP contribution is 2.40. The molecule has 204 valence electrons. The number of nitrogens with zero attached hydrogens (tertiary/aromatic N) is 3. The van der Waals surface area contributed by atoms with Crippen molar-refractivity contribution in [1.82, 2.24) is 9.13 Å². The Morgan fingerprint density at radius 2 is 1.35 bits per heavy atom. The van der Waals surface area contributed by atoms with Crippen LogP contribution in [0.25, 0.3) is 72.1 Å². The fourth-order valence-corrected chi connectivity index (χ4v) is 6.71. The zero-order valence-corrected chi connectivity index (χ0v) is 23.9. The number of benzene rings is 6. The Hall–Kier alpha value is -5.67. The van der Waals surface area contributed by atoms with Gasteiger partial charge in [0.2, 0.25) is 0 Å². The molecule has 0 unspecified atom stereocenters. The van der Waals surface area contributed by atoms with Gasteiger partial charge in [-0.2, -0.15) is 0 Å². The van der Waals surface area contributed by atoms with Crippen LogP contribution in [-0.2, 0) is 0 Å². The van der Waals surface area contributed by atoms with Crippen molar-refractivity contribution in [2.75, 3.05) is 0 Å². The molecule has 0 N–H and O–H groups in total. The van der Waals surface area contributed by atoms with Gasteiger partial charge in [-0.1, -0.05) is 91.0 Å². The summed E-state index contributed by atoms with van der Waals surface area (Å²) in [5, 5.41) is 6.18. The van der Waals surface area contributed by atoms with Gasteiger partial charge in [0.05, 0.1) is 16.6 Å². The summed E-state index contributed by atoms with van der Waals surface area (Å²) >= 11 is 0. The van der Waals surface area contributed by atoms with E-state index in [0.717, 1.165) is 11.3 Å². The van der Waals surface area contributed by atoms with E-state index in [-0.39, 0.29) is 0 Å². The molecule has 3 nitrogen and oxygen atoms in total. The molecular weight excluding hydrogens is 522 g/mol. The fourth-order valence-electron chi connectivity index (χ4n) is 6.71. The highest BCUT2D eigenvalue weighted by atomic mass is 15.0. The molecule has 6 aromatic carbocycles. The van der Waals surface area contributed by atoms with Gasteiger partial charge in [-0.05, 0) is 84.1 Å². The molecule has 8 aromatic rings. The lowest BCUT2D eigenvalue weighted by molar-refractivity contribution is 1.05. The minimum absolute atomic E-state index is 1.14. The second-order valence-corrected chi connectivity index (χ2v) is 11.0. The molecule has 0 amide bonds. The number of para-hydroxylation sites is 2. The fraction of sp³-hybridized carbons (Fsp3) is 0.0250. The molecule has 2 heterocycles. The van der Waals surface area contributed by atoms with Crippen LogP contribution in [0.4, 0.5) is 0 Å². The summed E-state index contributed by atoms with van der Waals surface area (Å²) < 4.78 is 4.75. The molecular formula is C40H29N3. The Balaban J connectivity index is 1.41. The Kier molecular flexibility index (Phi) is 5.83. The van der Waals surface area contributed by atoms with E-state index < -0.39 is 0 Å². The van der Waals surface area contributed by atoms with Crippen LogP contribution >= 0.6 is 0 Å². The van der Waals surface area contributed by atoms with Gasteiger partial charge in [-0.25, -0.2) is 0 Å². The maximum absolute atomic E-state index is 3.99. The first kappa shape index (κ1) is 25.1. The van der Waals surface area contributed by atoms with Crippen LogP contribution in [0.5, 0.6) is 0 Å². The lowest BCUT2D eigenvalue weighted by atomic mass is 9.98. The molecule has 0 aliphatic heterocycles. The molecule has 2 aromatic heterocycles. The maximum Gasteiger partial charge on any atom is 0.0547 e. The van der Waals surface area contributed by atoms with E-state index in [1.807, 2.05) is 0 Å². The van der Waals surface area contributed by atoms with Gasteiger partial charge < -0.3 is 9.13 Å². The van der Waals surface area contributed by atoms with Crippen molar-refractivity contribution in [3.05, 3.63) is 151 Å². The van der Waals surface area contributed by atoms with Crippen molar-refractivity contribution < 1.29 is 0 Å². The van der Waals surface area contributed by atoms with Gasteiger partial charge in [-0.3, -0.25) is 4.99 Å². The van der Waals surface area contributed by atoms with Crippen molar-refractivity contribution in [2.45, 2.75) is 6.92 Å². The maximum atomic E-state index is 3.99. The van der Waals surface area contributed by atoms with Gasteiger partial charge in [0, 0.05) is 45.0 Å². The number of fused-ring (bicyclic) bond motifs is 5. The average Bonchev–Trinajstić information content (AvgIpc) is 3.54. The van der Waals surface area contributed by atoms with Gasteiger partial charge in [0.25, 0.3) is 0 Å². The first-order valence-corrected chi connectivity index (χ1v) is 14.6. The van der Waals surface area contributed by atoms with Gasteiger partial charge >= 0.3 is 0 Å². The first-order chi connectivity index (χ1) is 21.2. The average molecular weight is 552 g/mol. The summed E-state index contributed by atoms with van der Waals surface area (Å²) in [6, 6.07) is 48.2. The predicted molar refractivity (Wildman–Crippen MR) is 184 cm³/mol.